The van der Waals surface area contributed by atoms with Crippen LogP contribution in [0.2, 0.25) is 0 Å². The maximum absolute atomic E-state index is 9.44. The zero-order chi connectivity index (χ0) is 10.4. The Bertz CT molecular complexity index is 306. The van der Waals surface area contributed by atoms with E-state index in [2.05, 4.69) is 23.7 Å². The lowest BCUT2D eigenvalue weighted by Crippen LogP contribution is -2.20. The van der Waals surface area contributed by atoms with Gasteiger partial charge in [-0.25, -0.2) is 4.99 Å². The molecule has 1 N–H and O–H groups in total. The van der Waals surface area contributed by atoms with Crippen LogP contribution in [0.4, 0.5) is 5.69 Å². The highest BCUT2D eigenvalue weighted by atomic mass is 16.3. The van der Waals surface area contributed by atoms with E-state index in [4.69, 9.17) is 0 Å². The number of nitrogens with zero attached hydrogens (tertiary/aromatic N) is 2. The lowest BCUT2D eigenvalue weighted by Gasteiger charge is -2.13. The van der Waals surface area contributed by atoms with Crippen molar-refractivity contribution >= 4 is 12.0 Å². The highest BCUT2D eigenvalue weighted by Gasteiger charge is 1.96. The highest BCUT2D eigenvalue weighted by molar-refractivity contribution is 5.64. The van der Waals surface area contributed by atoms with Crippen LogP contribution in [0.1, 0.15) is 13.8 Å². The molecule has 1 aromatic rings. The number of para-hydroxylation sites is 2. The molecule has 0 bridgehead atoms. The third-order valence-electron chi connectivity index (χ3n) is 2.05. The Morgan fingerprint density at radius 3 is 2.50 bits per heavy atom. The second-order valence-electron chi connectivity index (χ2n) is 2.95. The Kier molecular flexibility index (Phi) is 3.98. The van der Waals surface area contributed by atoms with E-state index in [1.54, 1.807) is 24.5 Å². The SMILES string of the molecule is CCN(C=Nc1ccccc1O)CC. The predicted molar refractivity (Wildman–Crippen MR) is 59.2 cm³/mol. The van der Waals surface area contributed by atoms with Crippen molar-refractivity contribution < 1.29 is 5.11 Å². The summed E-state index contributed by atoms with van der Waals surface area (Å²) in [6, 6.07) is 7.06. The molecule has 3 nitrogen and oxygen atoms in total. The molecule has 14 heavy (non-hydrogen) atoms. The summed E-state index contributed by atoms with van der Waals surface area (Å²) in [6.45, 7) is 5.99. The van der Waals surface area contributed by atoms with E-state index in [1.807, 2.05) is 6.07 Å². The minimum atomic E-state index is 0.218. The molecule has 1 rings (SSSR count). The van der Waals surface area contributed by atoms with Gasteiger partial charge in [0.05, 0.1) is 6.34 Å². The Labute approximate surface area is 84.7 Å². The molecule has 0 aliphatic carbocycles. The lowest BCUT2D eigenvalue weighted by molar-refractivity contribution is 0.472. The number of aliphatic imine (C=N–C) groups is 1. The van der Waals surface area contributed by atoms with Gasteiger partial charge < -0.3 is 10.0 Å². The molecule has 1 aromatic carbocycles. The van der Waals surface area contributed by atoms with Gasteiger partial charge in [0.25, 0.3) is 0 Å². The van der Waals surface area contributed by atoms with Crippen LogP contribution >= 0.6 is 0 Å². The minimum Gasteiger partial charge on any atom is -0.506 e. The van der Waals surface area contributed by atoms with Gasteiger partial charge in [-0.3, -0.25) is 0 Å². The average molecular weight is 192 g/mol. The van der Waals surface area contributed by atoms with Gasteiger partial charge in [-0.15, -0.1) is 0 Å². The molecule has 0 unspecified atom stereocenters. The Morgan fingerprint density at radius 1 is 1.29 bits per heavy atom. The first-order valence-corrected chi connectivity index (χ1v) is 4.84. The van der Waals surface area contributed by atoms with E-state index in [0.29, 0.717) is 5.69 Å². The van der Waals surface area contributed by atoms with Crippen LogP contribution < -0.4 is 0 Å². The molecular weight excluding hydrogens is 176 g/mol. The lowest BCUT2D eigenvalue weighted by atomic mass is 10.3. The van der Waals surface area contributed by atoms with E-state index < -0.39 is 0 Å². The molecule has 0 saturated carbocycles. The molecule has 0 aliphatic heterocycles. The summed E-state index contributed by atoms with van der Waals surface area (Å²) in [6.07, 6.45) is 1.76. The van der Waals surface area contributed by atoms with Gasteiger partial charge in [0, 0.05) is 13.1 Å². The first-order valence-electron chi connectivity index (χ1n) is 4.84. The monoisotopic (exact) mass is 192 g/mol. The first kappa shape index (κ1) is 10.6. The van der Waals surface area contributed by atoms with Crippen LogP contribution in [-0.4, -0.2) is 29.4 Å². The Morgan fingerprint density at radius 2 is 1.93 bits per heavy atom. The third-order valence-corrected chi connectivity index (χ3v) is 2.05. The molecule has 0 fully saturated rings. The zero-order valence-corrected chi connectivity index (χ0v) is 8.64. The number of aromatic hydroxyl groups is 1. The molecule has 0 saturated heterocycles. The van der Waals surface area contributed by atoms with Gasteiger partial charge >= 0.3 is 0 Å². The topological polar surface area (TPSA) is 35.8 Å². The van der Waals surface area contributed by atoms with Crippen LogP contribution in [0.3, 0.4) is 0 Å². The standard InChI is InChI=1S/C11H16N2O/c1-3-13(4-2)9-12-10-7-5-6-8-11(10)14/h5-9,14H,3-4H2,1-2H3. The van der Waals surface area contributed by atoms with Crippen LogP contribution in [0, 0.1) is 0 Å². The predicted octanol–water partition coefficient (Wildman–Crippen LogP) is 2.39. The van der Waals surface area contributed by atoms with Gasteiger partial charge in [0.1, 0.15) is 11.4 Å². The van der Waals surface area contributed by atoms with Gasteiger partial charge in [-0.05, 0) is 26.0 Å². The van der Waals surface area contributed by atoms with Crippen molar-refractivity contribution in [1.82, 2.24) is 4.90 Å². The molecule has 0 atom stereocenters. The maximum atomic E-state index is 9.44. The molecule has 0 radical (unpaired) electrons. The number of phenols is 1. The third kappa shape index (κ3) is 2.76. The second-order valence-corrected chi connectivity index (χ2v) is 2.95. The van der Waals surface area contributed by atoms with Crippen molar-refractivity contribution in [3.05, 3.63) is 24.3 Å². The largest absolute Gasteiger partial charge is 0.506 e. The molecule has 0 spiro atoms. The normalized spacial score (nSPS) is 10.7. The van der Waals surface area contributed by atoms with Crippen LogP contribution in [0.25, 0.3) is 0 Å². The molecule has 3 heteroatoms. The van der Waals surface area contributed by atoms with Crippen LogP contribution in [-0.2, 0) is 0 Å². The number of hydrogen-bond donors (Lipinski definition) is 1. The molecule has 0 amide bonds. The number of hydrogen-bond acceptors (Lipinski definition) is 2. The van der Waals surface area contributed by atoms with Crippen molar-refractivity contribution in [1.29, 1.82) is 0 Å². The van der Waals surface area contributed by atoms with E-state index in [-0.39, 0.29) is 5.75 Å². The maximum Gasteiger partial charge on any atom is 0.141 e. The molecule has 0 aliphatic rings. The van der Waals surface area contributed by atoms with Gasteiger partial charge in [-0.1, -0.05) is 12.1 Å². The van der Waals surface area contributed by atoms with E-state index in [1.165, 1.54) is 0 Å². The van der Waals surface area contributed by atoms with Crippen molar-refractivity contribution in [2.24, 2.45) is 4.99 Å². The molecular formula is C11H16N2O. The van der Waals surface area contributed by atoms with E-state index in [0.717, 1.165) is 13.1 Å². The smallest absolute Gasteiger partial charge is 0.141 e. The van der Waals surface area contributed by atoms with Crippen molar-refractivity contribution in [2.75, 3.05) is 13.1 Å². The number of rotatable bonds is 4. The fraction of sp³-hybridized carbons (Fsp3) is 0.364. The summed E-state index contributed by atoms with van der Waals surface area (Å²) in [5.74, 6) is 0.218. The molecule has 0 heterocycles. The first-order chi connectivity index (χ1) is 6.77. The van der Waals surface area contributed by atoms with Crippen LogP contribution in [0.5, 0.6) is 5.75 Å². The quantitative estimate of drug-likeness (QED) is 0.587. The summed E-state index contributed by atoms with van der Waals surface area (Å²) in [5, 5.41) is 9.44. The van der Waals surface area contributed by atoms with Crippen molar-refractivity contribution in [3.8, 4) is 5.75 Å². The van der Waals surface area contributed by atoms with E-state index >= 15 is 0 Å². The summed E-state index contributed by atoms with van der Waals surface area (Å²) in [7, 11) is 0. The molecule has 76 valence electrons. The minimum absolute atomic E-state index is 0.218. The summed E-state index contributed by atoms with van der Waals surface area (Å²) in [5.41, 5.74) is 0.611. The van der Waals surface area contributed by atoms with Crippen molar-refractivity contribution in [3.63, 3.8) is 0 Å². The Hall–Kier alpha value is -1.51. The van der Waals surface area contributed by atoms with Gasteiger partial charge in [0.2, 0.25) is 0 Å². The fourth-order valence-electron chi connectivity index (χ4n) is 1.10. The average Bonchev–Trinajstić information content (AvgIpc) is 2.22. The summed E-state index contributed by atoms with van der Waals surface area (Å²) in [4.78, 5) is 6.26. The van der Waals surface area contributed by atoms with Crippen molar-refractivity contribution in [2.45, 2.75) is 13.8 Å². The zero-order valence-electron chi connectivity index (χ0n) is 8.64. The van der Waals surface area contributed by atoms with E-state index in [9.17, 15) is 5.11 Å². The van der Waals surface area contributed by atoms with Gasteiger partial charge in [-0.2, -0.15) is 0 Å². The molecule has 0 aromatic heterocycles. The second kappa shape index (κ2) is 5.27. The summed E-state index contributed by atoms with van der Waals surface area (Å²) >= 11 is 0. The Balaban J connectivity index is 2.72. The highest BCUT2D eigenvalue weighted by Crippen LogP contribution is 2.24. The number of benzene rings is 1. The summed E-state index contributed by atoms with van der Waals surface area (Å²) < 4.78 is 0. The van der Waals surface area contributed by atoms with Gasteiger partial charge in [0.15, 0.2) is 0 Å². The van der Waals surface area contributed by atoms with Crippen LogP contribution in [0.15, 0.2) is 29.3 Å². The fourth-order valence-corrected chi connectivity index (χ4v) is 1.10. The number of phenolic OH excluding ortho intramolecular Hbond substituents is 1.